The molecule has 0 spiro atoms. The van der Waals surface area contributed by atoms with E-state index in [0.717, 1.165) is 31.4 Å². The van der Waals surface area contributed by atoms with E-state index in [1.807, 2.05) is 13.0 Å². The summed E-state index contributed by atoms with van der Waals surface area (Å²) in [5.41, 5.74) is 1.28. The van der Waals surface area contributed by atoms with Gasteiger partial charge in [-0.2, -0.15) is 0 Å². The minimum absolute atomic E-state index is 0.713. The number of nitrogens with zero attached hydrogens (tertiary/aromatic N) is 1. The Balaban J connectivity index is 1.85. The van der Waals surface area contributed by atoms with Gasteiger partial charge in [-0.05, 0) is 43.9 Å². The zero-order chi connectivity index (χ0) is 13.1. The molecule has 1 aliphatic rings. The van der Waals surface area contributed by atoms with E-state index in [-0.39, 0.29) is 0 Å². The van der Waals surface area contributed by atoms with Crippen LogP contribution >= 0.6 is 0 Å². The predicted octanol–water partition coefficient (Wildman–Crippen LogP) is 3.47. The molecule has 0 aliphatic carbocycles. The van der Waals surface area contributed by atoms with Crippen molar-refractivity contribution in [3.05, 3.63) is 30.5 Å². The molecule has 0 bridgehead atoms. The molecule has 0 unspecified atom stereocenters. The molecule has 0 atom stereocenters. The van der Waals surface area contributed by atoms with Gasteiger partial charge in [-0.15, -0.1) is 0 Å². The van der Waals surface area contributed by atoms with Gasteiger partial charge >= 0.3 is 0 Å². The normalized spacial score (nSPS) is 16.9. The average Bonchev–Trinajstić information content (AvgIpc) is 2.85. The van der Waals surface area contributed by atoms with E-state index in [0.29, 0.717) is 6.61 Å². The van der Waals surface area contributed by atoms with Crippen molar-refractivity contribution >= 4 is 10.9 Å². The third kappa shape index (κ3) is 2.61. The van der Waals surface area contributed by atoms with Crippen molar-refractivity contribution in [3.63, 3.8) is 0 Å². The lowest BCUT2D eigenvalue weighted by atomic mass is 10.0. The Bertz CT molecular complexity index is 541. The summed E-state index contributed by atoms with van der Waals surface area (Å²) in [5, 5.41) is 1.22. The van der Waals surface area contributed by atoms with E-state index >= 15 is 0 Å². The molecule has 0 radical (unpaired) electrons. The Morgan fingerprint density at radius 3 is 2.89 bits per heavy atom. The number of rotatable bonds is 4. The van der Waals surface area contributed by atoms with Crippen LogP contribution in [-0.4, -0.2) is 24.4 Å². The first-order chi connectivity index (χ1) is 9.38. The van der Waals surface area contributed by atoms with Crippen molar-refractivity contribution in [1.29, 1.82) is 0 Å². The highest BCUT2D eigenvalue weighted by Gasteiger charge is 2.15. The first kappa shape index (κ1) is 12.5. The summed E-state index contributed by atoms with van der Waals surface area (Å²) in [7, 11) is 0. The smallest absolute Gasteiger partial charge is 0.128 e. The molecule has 1 fully saturated rings. The average molecular weight is 259 g/mol. The van der Waals surface area contributed by atoms with Crippen LogP contribution in [0, 0.1) is 5.92 Å². The lowest BCUT2D eigenvalue weighted by molar-refractivity contribution is 0.0616. The summed E-state index contributed by atoms with van der Waals surface area (Å²) in [6, 6.07) is 8.47. The predicted molar refractivity (Wildman–Crippen MR) is 76.7 cm³/mol. The van der Waals surface area contributed by atoms with Gasteiger partial charge in [0.1, 0.15) is 5.75 Å². The number of fused-ring (bicyclic) bond motifs is 1. The maximum atomic E-state index is 5.69. The molecule has 1 aromatic heterocycles. The molecule has 0 N–H and O–H groups in total. The largest absolute Gasteiger partial charge is 0.493 e. The molecule has 1 saturated heterocycles. The van der Waals surface area contributed by atoms with Crippen molar-refractivity contribution in [2.75, 3.05) is 19.8 Å². The van der Waals surface area contributed by atoms with Crippen LogP contribution in [0.15, 0.2) is 30.5 Å². The number of ether oxygens (including phenoxy) is 2. The van der Waals surface area contributed by atoms with Gasteiger partial charge in [0.25, 0.3) is 0 Å². The Morgan fingerprint density at radius 2 is 2.11 bits per heavy atom. The fourth-order valence-corrected chi connectivity index (χ4v) is 2.84. The lowest BCUT2D eigenvalue weighted by Gasteiger charge is -2.22. The van der Waals surface area contributed by atoms with Crippen LogP contribution in [0.3, 0.4) is 0 Å². The fourth-order valence-electron chi connectivity index (χ4n) is 2.84. The molecule has 1 aliphatic heterocycles. The third-order valence-electron chi connectivity index (χ3n) is 3.87. The van der Waals surface area contributed by atoms with Gasteiger partial charge in [-0.1, -0.05) is 6.07 Å². The third-order valence-corrected chi connectivity index (χ3v) is 3.87. The summed E-state index contributed by atoms with van der Waals surface area (Å²) in [6.45, 7) is 5.65. The first-order valence-corrected chi connectivity index (χ1v) is 7.17. The van der Waals surface area contributed by atoms with Crippen molar-refractivity contribution in [2.45, 2.75) is 26.3 Å². The Morgan fingerprint density at radius 1 is 1.26 bits per heavy atom. The molecule has 3 heteroatoms. The molecular weight excluding hydrogens is 238 g/mol. The summed E-state index contributed by atoms with van der Waals surface area (Å²) < 4.78 is 13.5. The van der Waals surface area contributed by atoms with Crippen molar-refractivity contribution < 1.29 is 9.47 Å². The summed E-state index contributed by atoms with van der Waals surface area (Å²) >= 11 is 0. The molecule has 0 saturated carbocycles. The van der Waals surface area contributed by atoms with E-state index < -0.39 is 0 Å². The summed E-state index contributed by atoms with van der Waals surface area (Å²) in [4.78, 5) is 0. The van der Waals surface area contributed by atoms with Crippen molar-refractivity contribution in [3.8, 4) is 5.75 Å². The van der Waals surface area contributed by atoms with Gasteiger partial charge < -0.3 is 14.0 Å². The minimum Gasteiger partial charge on any atom is -0.493 e. The van der Waals surface area contributed by atoms with Crippen molar-refractivity contribution in [2.24, 2.45) is 5.92 Å². The van der Waals surface area contributed by atoms with Gasteiger partial charge in [-0.25, -0.2) is 0 Å². The zero-order valence-electron chi connectivity index (χ0n) is 11.5. The van der Waals surface area contributed by atoms with Gasteiger partial charge in [0.2, 0.25) is 0 Å². The Hall–Kier alpha value is -1.48. The monoisotopic (exact) mass is 259 g/mol. The van der Waals surface area contributed by atoms with Gasteiger partial charge in [0.15, 0.2) is 0 Å². The number of aromatic nitrogens is 1. The molecule has 3 rings (SSSR count). The lowest BCUT2D eigenvalue weighted by Crippen LogP contribution is -2.20. The van der Waals surface area contributed by atoms with Crippen LogP contribution in [-0.2, 0) is 11.3 Å². The summed E-state index contributed by atoms with van der Waals surface area (Å²) in [5.74, 6) is 1.73. The molecular formula is C16H21NO2. The molecule has 2 aromatic rings. The maximum absolute atomic E-state index is 5.69. The van der Waals surface area contributed by atoms with Gasteiger partial charge in [-0.3, -0.25) is 0 Å². The highest BCUT2D eigenvalue weighted by atomic mass is 16.5. The quantitative estimate of drug-likeness (QED) is 0.839. The molecule has 0 amide bonds. The van der Waals surface area contributed by atoms with E-state index in [2.05, 4.69) is 29.0 Å². The van der Waals surface area contributed by atoms with Crippen LogP contribution in [0.5, 0.6) is 5.75 Å². The molecule has 2 heterocycles. The fraction of sp³-hybridized carbons (Fsp3) is 0.500. The van der Waals surface area contributed by atoms with Crippen LogP contribution in [0.2, 0.25) is 0 Å². The van der Waals surface area contributed by atoms with Crippen molar-refractivity contribution in [1.82, 2.24) is 4.57 Å². The number of hydrogen-bond acceptors (Lipinski definition) is 2. The topological polar surface area (TPSA) is 23.4 Å². The van der Waals surface area contributed by atoms with Crippen LogP contribution in [0.25, 0.3) is 10.9 Å². The number of hydrogen-bond donors (Lipinski definition) is 0. The van der Waals surface area contributed by atoms with E-state index in [1.54, 1.807) is 0 Å². The SMILES string of the molecule is CCOc1cccc2c1ccn2CC1CCOCC1. The molecule has 3 nitrogen and oxygen atoms in total. The van der Waals surface area contributed by atoms with Crippen LogP contribution in [0.4, 0.5) is 0 Å². The molecule has 102 valence electrons. The second kappa shape index (κ2) is 5.66. The maximum Gasteiger partial charge on any atom is 0.128 e. The molecule has 19 heavy (non-hydrogen) atoms. The second-order valence-corrected chi connectivity index (χ2v) is 5.15. The Kier molecular flexibility index (Phi) is 3.74. The Labute approximate surface area is 114 Å². The van der Waals surface area contributed by atoms with Crippen LogP contribution < -0.4 is 4.74 Å². The standard InChI is InChI=1S/C16H21NO2/c1-2-19-16-5-3-4-15-14(16)6-9-17(15)12-13-7-10-18-11-8-13/h3-6,9,13H,2,7-8,10-12H2,1H3. The highest BCUT2D eigenvalue weighted by molar-refractivity contribution is 5.86. The summed E-state index contributed by atoms with van der Waals surface area (Å²) in [6.07, 6.45) is 4.53. The zero-order valence-corrected chi connectivity index (χ0v) is 11.5. The van der Waals surface area contributed by atoms with E-state index in [1.165, 1.54) is 23.7 Å². The first-order valence-electron chi connectivity index (χ1n) is 7.17. The highest BCUT2D eigenvalue weighted by Crippen LogP contribution is 2.28. The van der Waals surface area contributed by atoms with E-state index in [9.17, 15) is 0 Å². The van der Waals surface area contributed by atoms with Crippen LogP contribution in [0.1, 0.15) is 19.8 Å². The molecule has 1 aromatic carbocycles. The van der Waals surface area contributed by atoms with Gasteiger partial charge in [0.05, 0.1) is 12.1 Å². The number of benzene rings is 1. The second-order valence-electron chi connectivity index (χ2n) is 5.15. The minimum atomic E-state index is 0.713. The van der Waals surface area contributed by atoms with Gasteiger partial charge in [0, 0.05) is 31.3 Å². The van der Waals surface area contributed by atoms with E-state index in [4.69, 9.17) is 9.47 Å².